The van der Waals surface area contributed by atoms with Crippen molar-refractivity contribution in [2.75, 3.05) is 0 Å². The lowest BCUT2D eigenvalue weighted by Crippen LogP contribution is -2.12. The molecule has 0 saturated heterocycles. The molecule has 0 radical (unpaired) electrons. The molecule has 3 N–H and O–H groups in total. The Morgan fingerprint density at radius 3 is 2.93 bits per heavy atom. The molecule has 0 unspecified atom stereocenters. The molecule has 0 aromatic carbocycles. The third-order valence-electron chi connectivity index (χ3n) is 1.81. The van der Waals surface area contributed by atoms with Crippen molar-refractivity contribution in [2.24, 2.45) is 5.73 Å². The first-order valence-corrected chi connectivity index (χ1v) is 5.04. The lowest BCUT2D eigenvalue weighted by molar-refractivity contribution is 0.550. The van der Waals surface area contributed by atoms with Crippen LogP contribution in [0.1, 0.15) is 5.69 Å². The average Bonchev–Trinajstić information content (AvgIpc) is 2.64. The fourth-order valence-corrected chi connectivity index (χ4v) is 1.48. The summed E-state index contributed by atoms with van der Waals surface area (Å²) in [5.41, 5.74) is 5.70. The topological polar surface area (TPSA) is 84.9 Å². The molecule has 2 heterocycles. The number of aromatic nitrogens is 2. The number of hydrogen-bond donors (Lipinski definition) is 2. The molecule has 6 heteroatoms. The Morgan fingerprint density at radius 1 is 1.53 bits per heavy atom. The largest absolute Gasteiger partial charge is 0.446 e. The quantitative estimate of drug-likeness (QED) is 0.860. The minimum atomic E-state index is -0.243. The molecular weight excluding hydrogens is 262 g/mol. The van der Waals surface area contributed by atoms with Crippen LogP contribution in [0.3, 0.4) is 0 Å². The van der Waals surface area contributed by atoms with E-state index < -0.39 is 0 Å². The van der Waals surface area contributed by atoms with E-state index in [0.717, 1.165) is 0 Å². The van der Waals surface area contributed by atoms with Gasteiger partial charge in [0.2, 0.25) is 0 Å². The van der Waals surface area contributed by atoms with E-state index in [1.165, 1.54) is 6.07 Å². The lowest BCUT2D eigenvalue weighted by atomic mass is 10.3. The number of nitrogens with one attached hydrogen (secondary N) is 1. The van der Waals surface area contributed by atoms with Crippen molar-refractivity contribution < 1.29 is 4.42 Å². The predicted molar refractivity (Wildman–Crippen MR) is 58.2 cm³/mol. The molecule has 0 bridgehead atoms. The molecule has 0 amide bonds. The first-order valence-electron chi connectivity index (χ1n) is 4.25. The highest BCUT2D eigenvalue weighted by Crippen LogP contribution is 2.21. The molecule has 2 aromatic heterocycles. The third kappa shape index (κ3) is 2.16. The Morgan fingerprint density at radius 2 is 2.33 bits per heavy atom. The maximum atomic E-state index is 11.2. The van der Waals surface area contributed by atoms with Crippen LogP contribution in [0.4, 0.5) is 0 Å². The molecule has 0 atom stereocenters. The summed E-state index contributed by atoms with van der Waals surface area (Å²) in [5.74, 6) is 0.878. The second-order valence-electron chi connectivity index (χ2n) is 2.89. The fourth-order valence-electron chi connectivity index (χ4n) is 1.17. The molecule has 0 spiro atoms. The highest BCUT2D eigenvalue weighted by atomic mass is 79.9. The van der Waals surface area contributed by atoms with Gasteiger partial charge in [-0.1, -0.05) is 0 Å². The Kier molecular flexibility index (Phi) is 2.70. The van der Waals surface area contributed by atoms with Crippen molar-refractivity contribution in [1.82, 2.24) is 9.97 Å². The third-order valence-corrected chi connectivity index (χ3v) is 2.24. The number of H-pyrrole nitrogens is 1. The van der Waals surface area contributed by atoms with Gasteiger partial charge >= 0.3 is 0 Å². The van der Waals surface area contributed by atoms with Gasteiger partial charge in [-0.15, -0.1) is 0 Å². The van der Waals surface area contributed by atoms with Crippen LogP contribution in [0.2, 0.25) is 0 Å². The molecule has 0 saturated carbocycles. The van der Waals surface area contributed by atoms with Gasteiger partial charge in [-0.05, 0) is 28.1 Å². The number of aromatic amines is 1. The number of rotatable bonds is 2. The van der Waals surface area contributed by atoms with Gasteiger partial charge in [0.1, 0.15) is 0 Å². The Bertz CT molecular complexity index is 532. The van der Waals surface area contributed by atoms with E-state index in [0.29, 0.717) is 21.9 Å². The van der Waals surface area contributed by atoms with Crippen LogP contribution in [0, 0.1) is 0 Å². The summed E-state index contributed by atoms with van der Waals surface area (Å²) in [7, 11) is 0. The maximum absolute atomic E-state index is 11.2. The van der Waals surface area contributed by atoms with Gasteiger partial charge < -0.3 is 15.1 Å². The second-order valence-corrected chi connectivity index (χ2v) is 3.67. The fraction of sp³-hybridized carbons (Fsp3) is 0.111. The van der Waals surface area contributed by atoms with E-state index in [4.69, 9.17) is 10.2 Å². The van der Waals surface area contributed by atoms with Crippen LogP contribution >= 0.6 is 15.9 Å². The lowest BCUT2D eigenvalue weighted by Gasteiger charge is -1.98. The molecule has 2 rings (SSSR count). The monoisotopic (exact) mass is 269 g/mol. The van der Waals surface area contributed by atoms with E-state index in [1.807, 2.05) is 0 Å². The molecule has 0 aliphatic rings. The number of nitrogens with zero attached hydrogens (tertiary/aromatic N) is 1. The summed E-state index contributed by atoms with van der Waals surface area (Å²) in [6, 6.07) is 4.80. The molecular formula is C9H8BrN3O2. The van der Waals surface area contributed by atoms with Crippen molar-refractivity contribution in [2.45, 2.75) is 6.54 Å². The zero-order chi connectivity index (χ0) is 10.8. The minimum Gasteiger partial charge on any atom is -0.446 e. The summed E-state index contributed by atoms with van der Waals surface area (Å²) in [6.45, 7) is 0.221. The SMILES string of the molecule is NCc1cc(=O)[nH]c(-c2ccc(Br)o2)n1. The Labute approximate surface area is 93.5 Å². The zero-order valence-corrected chi connectivity index (χ0v) is 9.24. The van der Waals surface area contributed by atoms with Crippen molar-refractivity contribution in [1.29, 1.82) is 0 Å². The predicted octanol–water partition coefficient (Wildman–Crippen LogP) is 1.25. The first kappa shape index (κ1) is 10.1. The van der Waals surface area contributed by atoms with E-state index in [-0.39, 0.29) is 12.1 Å². The average molecular weight is 270 g/mol. The number of nitrogens with two attached hydrogens (primary N) is 1. The number of hydrogen-bond acceptors (Lipinski definition) is 4. The van der Waals surface area contributed by atoms with Crippen molar-refractivity contribution in [3.8, 4) is 11.6 Å². The van der Waals surface area contributed by atoms with Crippen LogP contribution in [-0.4, -0.2) is 9.97 Å². The summed E-state index contributed by atoms with van der Waals surface area (Å²) in [6.07, 6.45) is 0. The van der Waals surface area contributed by atoms with Gasteiger partial charge in [0.25, 0.3) is 5.56 Å². The van der Waals surface area contributed by atoms with Gasteiger partial charge in [0.05, 0.1) is 5.69 Å². The Hall–Kier alpha value is -1.40. The molecule has 0 aliphatic heterocycles. The van der Waals surface area contributed by atoms with Crippen LogP contribution in [0.25, 0.3) is 11.6 Å². The molecule has 2 aromatic rings. The number of halogens is 1. The standard InChI is InChI=1S/C9H8BrN3O2/c10-7-2-1-6(15-7)9-12-5(4-11)3-8(14)13-9/h1-3H,4,11H2,(H,12,13,14). The molecule has 0 fully saturated rings. The van der Waals surface area contributed by atoms with Crippen molar-refractivity contribution >= 4 is 15.9 Å². The van der Waals surface area contributed by atoms with Gasteiger partial charge in [-0.25, -0.2) is 4.98 Å². The van der Waals surface area contributed by atoms with Gasteiger partial charge in [0.15, 0.2) is 16.3 Å². The van der Waals surface area contributed by atoms with Crippen LogP contribution in [0.5, 0.6) is 0 Å². The highest BCUT2D eigenvalue weighted by Gasteiger charge is 2.07. The Balaban J connectivity index is 2.53. The smallest absolute Gasteiger partial charge is 0.251 e. The normalized spacial score (nSPS) is 10.5. The second kappa shape index (κ2) is 4.00. The zero-order valence-electron chi connectivity index (χ0n) is 7.66. The van der Waals surface area contributed by atoms with Crippen LogP contribution < -0.4 is 11.3 Å². The van der Waals surface area contributed by atoms with E-state index in [2.05, 4.69) is 25.9 Å². The van der Waals surface area contributed by atoms with Crippen molar-refractivity contribution in [3.63, 3.8) is 0 Å². The molecule has 5 nitrogen and oxygen atoms in total. The van der Waals surface area contributed by atoms with Gasteiger partial charge in [-0.3, -0.25) is 4.79 Å². The van der Waals surface area contributed by atoms with Crippen molar-refractivity contribution in [3.05, 3.63) is 38.9 Å². The van der Waals surface area contributed by atoms with Gasteiger partial charge in [-0.2, -0.15) is 0 Å². The number of furan rings is 1. The van der Waals surface area contributed by atoms with E-state index in [1.54, 1.807) is 12.1 Å². The van der Waals surface area contributed by atoms with Crippen LogP contribution in [0.15, 0.2) is 32.1 Å². The maximum Gasteiger partial charge on any atom is 0.251 e. The minimum absolute atomic E-state index is 0.221. The van der Waals surface area contributed by atoms with Crippen LogP contribution in [-0.2, 0) is 6.54 Å². The molecule has 15 heavy (non-hydrogen) atoms. The summed E-state index contributed by atoms with van der Waals surface area (Å²) in [4.78, 5) is 18.0. The van der Waals surface area contributed by atoms with E-state index >= 15 is 0 Å². The summed E-state index contributed by atoms with van der Waals surface area (Å²) in [5, 5.41) is 0. The molecule has 78 valence electrons. The summed E-state index contributed by atoms with van der Waals surface area (Å²) >= 11 is 3.17. The van der Waals surface area contributed by atoms with Gasteiger partial charge in [0, 0.05) is 12.6 Å². The summed E-state index contributed by atoms with van der Waals surface area (Å²) < 4.78 is 5.85. The van der Waals surface area contributed by atoms with E-state index in [9.17, 15) is 4.79 Å². The first-order chi connectivity index (χ1) is 7.19. The highest BCUT2D eigenvalue weighted by molar-refractivity contribution is 9.10. The molecule has 0 aliphatic carbocycles.